The molecule has 0 N–H and O–H groups in total. The highest BCUT2D eigenvalue weighted by molar-refractivity contribution is 7.11. The Balaban J connectivity index is 1.90. The van der Waals surface area contributed by atoms with Crippen LogP contribution in [0.25, 0.3) is 0 Å². The third kappa shape index (κ3) is 2.55. The van der Waals surface area contributed by atoms with Crippen molar-refractivity contribution in [3.8, 4) is 0 Å². The smallest absolute Gasteiger partial charge is 0.113 e. The van der Waals surface area contributed by atoms with E-state index in [-0.39, 0.29) is 0 Å². The van der Waals surface area contributed by atoms with Crippen molar-refractivity contribution in [2.75, 3.05) is 13.1 Å². The Bertz CT molecular complexity index is 297. The largest absolute Gasteiger partial charge is 0.295 e. The van der Waals surface area contributed by atoms with Gasteiger partial charge in [-0.15, -0.1) is 11.3 Å². The van der Waals surface area contributed by atoms with Crippen LogP contribution in [0.4, 0.5) is 4.39 Å². The minimum atomic E-state index is -0.607. The van der Waals surface area contributed by atoms with Gasteiger partial charge in [-0.2, -0.15) is 0 Å². The van der Waals surface area contributed by atoms with Crippen LogP contribution >= 0.6 is 11.3 Å². The molecule has 1 nitrogen and oxygen atoms in total. The number of nitrogens with zero attached hydrogens (tertiary/aromatic N) is 1. The zero-order chi connectivity index (χ0) is 9.97. The third-order valence-corrected chi connectivity index (χ3v) is 3.61. The fourth-order valence-electron chi connectivity index (χ4n) is 1.93. The predicted octanol–water partition coefficient (Wildman–Crippen LogP) is 2.99. The van der Waals surface area contributed by atoms with Gasteiger partial charge in [0.25, 0.3) is 0 Å². The maximum absolute atomic E-state index is 13.1. The van der Waals surface area contributed by atoms with Crippen LogP contribution < -0.4 is 0 Å². The van der Waals surface area contributed by atoms with Gasteiger partial charge in [-0.1, -0.05) is 0 Å². The molecular weight excluding hydrogens is 197 g/mol. The number of rotatable bonds is 2. The molecule has 14 heavy (non-hydrogen) atoms. The van der Waals surface area contributed by atoms with E-state index in [1.165, 1.54) is 9.75 Å². The molecule has 0 amide bonds. The van der Waals surface area contributed by atoms with Gasteiger partial charge in [-0.3, -0.25) is 4.90 Å². The quantitative estimate of drug-likeness (QED) is 0.730. The van der Waals surface area contributed by atoms with Crippen molar-refractivity contribution >= 4 is 11.3 Å². The molecule has 1 saturated heterocycles. The van der Waals surface area contributed by atoms with Gasteiger partial charge in [-0.25, -0.2) is 4.39 Å². The standard InChI is InChI=1S/C11H16FNS/c1-9-4-5-11(14-9)8-13-6-2-3-10(12)7-13/h4-5,10H,2-3,6-8H2,1H3/t10-/m1/s1. The first kappa shape index (κ1) is 10.1. The molecular formula is C11H16FNS. The highest BCUT2D eigenvalue weighted by atomic mass is 32.1. The lowest BCUT2D eigenvalue weighted by Crippen LogP contribution is -2.35. The third-order valence-electron chi connectivity index (χ3n) is 2.62. The number of hydrogen-bond acceptors (Lipinski definition) is 2. The molecule has 0 spiro atoms. The number of piperidine rings is 1. The van der Waals surface area contributed by atoms with Crippen LogP contribution in [-0.4, -0.2) is 24.2 Å². The summed E-state index contributed by atoms with van der Waals surface area (Å²) in [5.74, 6) is 0. The van der Waals surface area contributed by atoms with Gasteiger partial charge in [0, 0.05) is 22.8 Å². The molecule has 0 aliphatic carbocycles. The van der Waals surface area contributed by atoms with Crippen LogP contribution in [0.5, 0.6) is 0 Å². The summed E-state index contributed by atoms with van der Waals surface area (Å²) in [6.07, 6.45) is 1.15. The second kappa shape index (κ2) is 4.41. The average Bonchev–Trinajstić information content (AvgIpc) is 2.51. The van der Waals surface area contributed by atoms with Crippen molar-refractivity contribution in [1.82, 2.24) is 4.90 Å². The highest BCUT2D eigenvalue weighted by Gasteiger charge is 2.19. The van der Waals surface area contributed by atoms with Crippen LogP contribution in [0.15, 0.2) is 12.1 Å². The molecule has 0 radical (unpaired) electrons. The first-order valence-electron chi connectivity index (χ1n) is 5.16. The molecule has 2 rings (SSSR count). The fourth-order valence-corrected chi connectivity index (χ4v) is 2.87. The minimum absolute atomic E-state index is 0.607. The molecule has 2 heterocycles. The average molecular weight is 213 g/mol. The highest BCUT2D eigenvalue weighted by Crippen LogP contribution is 2.20. The molecule has 0 bridgehead atoms. The summed E-state index contributed by atoms with van der Waals surface area (Å²) in [5.41, 5.74) is 0. The Morgan fingerprint density at radius 2 is 2.43 bits per heavy atom. The van der Waals surface area contributed by atoms with E-state index in [1.54, 1.807) is 0 Å². The first-order valence-corrected chi connectivity index (χ1v) is 5.97. The molecule has 0 saturated carbocycles. The molecule has 3 heteroatoms. The van der Waals surface area contributed by atoms with Gasteiger partial charge >= 0.3 is 0 Å². The van der Waals surface area contributed by atoms with E-state index in [2.05, 4.69) is 24.0 Å². The van der Waals surface area contributed by atoms with Gasteiger partial charge in [-0.05, 0) is 38.4 Å². The Morgan fingerprint density at radius 3 is 3.07 bits per heavy atom. The molecule has 78 valence electrons. The summed E-state index contributed by atoms with van der Waals surface area (Å²) >= 11 is 1.82. The zero-order valence-corrected chi connectivity index (χ0v) is 9.32. The Morgan fingerprint density at radius 1 is 1.57 bits per heavy atom. The van der Waals surface area contributed by atoms with E-state index in [1.807, 2.05) is 11.3 Å². The van der Waals surface area contributed by atoms with Gasteiger partial charge in [0.05, 0.1) is 0 Å². The van der Waals surface area contributed by atoms with Gasteiger partial charge in [0.15, 0.2) is 0 Å². The van der Waals surface area contributed by atoms with Crippen molar-refractivity contribution in [3.05, 3.63) is 21.9 Å². The van der Waals surface area contributed by atoms with Crippen molar-refractivity contribution in [2.45, 2.75) is 32.5 Å². The molecule has 0 aromatic carbocycles. The van der Waals surface area contributed by atoms with Gasteiger partial charge in [0.1, 0.15) is 6.17 Å². The van der Waals surface area contributed by atoms with E-state index in [0.29, 0.717) is 6.54 Å². The molecule has 1 fully saturated rings. The Kier molecular flexibility index (Phi) is 3.19. The monoisotopic (exact) mass is 213 g/mol. The SMILES string of the molecule is Cc1ccc(CN2CCC[C@@H](F)C2)s1. The van der Waals surface area contributed by atoms with Crippen LogP contribution in [-0.2, 0) is 6.54 Å². The second-order valence-electron chi connectivity index (χ2n) is 3.99. The molecule has 1 atom stereocenters. The molecule has 1 aliphatic rings. The summed E-state index contributed by atoms with van der Waals surface area (Å²) in [4.78, 5) is 4.92. The normalized spacial score (nSPS) is 24.0. The van der Waals surface area contributed by atoms with Gasteiger partial charge < -0.3 is 0 Å². The lowest BCUT2D eigenvalue weighted by molar-refractivity contribution is 0.134. The number of aryl methyl sites for hydroxylation is 1. The Hall–Kier alpha value is -0.410. The minimum Gasteiger partial charge on any atom is -0.295 e. The maximum atomic E-state index is 13.1. The molecule has 0 unspecified atom stereocenters. The zero-order valence-electron chi connectivity index (χ0n) is 8.50. The maximum Gasteiger partial charge on any atom is 0.113 e. The lowest BCUT2D eigenvalue weighted by Gasteiger charge is -2.28. The number of thiophene rings is 1. The molecule has 1 aromatic rings. The van der Waals surface area contributed by atoms with Crippen molar-refractivity contribution < 1.29 is 4.39 Å². The van der Waals surface area contributed by atoms with E-state index in [9.17, 15) is 4.39 Å². The first-order chi connectivity index (χ1) is 6.74. The van der Waals surface area contributed by atoms with E-state index >= 15 is 0 Å². The van der Waals surface area contributed by atoms with Gasteiger partial charge in [0.2, 0.25) is 0 Å². The van der Waals surface area contributed by atoms with Crippen molar-refractivity contribution in [2.24, 2.45) is 0 Å². The van der Waals surface area contributed by atoms with E-state index < -0.39 is 6.17 Å². The number of likely N-dealkylation sites (tertiary alicyclic amines) is 1. The Labute approximate surface area is 88.5 Å². The molecule has 1 aliphatic heterocycles. The summed E-state index contributed by atoms with van der Waals surface area (Å²) in [6.45, 7) is 4.72. The van der Waals surface area contributed by atoms with Crippen LogP contribution in [0.3, 0.4) is 0 Å². The number of hydrogen-bond donors (Lipinski definition) is 0. The summed E-state index contributed by atoms with van der Waals surface area (Å²) in [5, 5.41) is 0. The summed E-state index contributed by atoms with van der Waals surface area (Å²) < 4.78 is 13.1. The number of alkyl halides is 1. The van der Waals surface area contributed by atoms with E-state index in [4.69, 9.17) is 0 Å². The van der Waals surface area contributed by atoms with E-state index in [0.717, 1.165) is 25.9 Å². The lowest BCUT2D eigenvalue weighted by atomic mass is 10.1. The fraction of sp³-hybridized carbons (Fsp3) is 0.636. The summed E-state index contributed by atoms with van der Waals surface area (Å²) in [7, 11) is 0. The van der Waals surface area contributed by atoms with Crippen molar-refractivity contribution in [1.29, 1.82) is 0 Å². The number of halogens is 1. The summed E-state index contributed by atoms with van der Waals surface area (Å²) in [6, 6.07) is 4.29. The van der Waals surface area contributed by atoms with Crippen LogP contribution in [0.2, 0.25) is 0 Å². The van der Waals surface area contributed by atoms with Crippen molar-refractivity contribution in [3.63, 3.8) is 0 Å². The predicted molar refractivity (Wildman–Crippen MR) is 58.5 cm³/mol. The van der Waals surface area contributed by atoms with Crippen LogP contribution in [0, 0.1) is 6.92 Å². The second-order valence-corrected chi connectivity index (χ2v) is 5.36. The topological polar surface area (TPSA) is 3.24 Å². The van der Waals surface area contributed by atoms with Crippen LogP contribution in [0.1, 0.15) is 22.6 Å². The molecule has 1 aromatic heterocycles.